The van der Waals surface area contributed by atoms with E-state index >= 15 is 0 Å². The number of carbonyl (C=O) groups is 2. The predicted octanol–water partition coefficient (Wildman–Crippen LogP) is 2.88. The van der Waals surface area contributed by atoms with Gasteiger partial charge in [0.05, 0.1) is 19.4 Å². The molecule has 0 bridgehead atoms. The minimum absolute atomic E-state index is 0. The lowest BCUT2D eigenvalue weighted by molar-refractivity contribution is -0.146. The maximum absolute atomic E-state index is 11.4. The van der Waals surface area contributed by atoms with Gasteiger partial charge in [0.1, 0.15) is 5.52 Å². The summed E-state index contributed by atoms with van der Waals surface area (Å²) in [6.07, 6.45) is -0.0349. The topological polar surface area (TPSA) is 114 Å². The van der Waals surface area contributed by atoms with Crippen LogP contribution in [0.2, 0.25) is 0 Å². The molecule has 0 saturated carbocycles. The molecule has 3 N–H and O–H groups in total. The molecule has 1 aromatic heterocycles. The summed E-state index contributed by atoms with van der Waals surface area (Å²) in [5.74, 6) is -0.943. The molecule has 114 valence electrons. The summed E-state index contributed by atoms with van der Waals surface area (Å²) >= 11 is 0.740. The number of benzene rings is 1. The van der Waals surface area contributed by atoms with Crippen LogP contribution < -0.4 is 6.15 Å². The second-order valence-corrected chi connectivity index (χ2v) is 4.47. The Morgan fingerprint density at radius 1 is 1.24 bits per heavy atom. The molecule has 21 heavy (non-hydrogen) atoms. The standard InChI is InChI=1S/C13H13NO5S.H3N/c1-2-17-11(15)7-8-12(16)19-20-13-14-9-5-3-4-6-10(9)18-13;/h3-6H,2,7-8H2,1H3;1H3. The van der Waals surface area contributed by atoms with Gasteiger partial charge in [-0.25, -0.2) is 4.98 Å². The van der Waals surface area contributed by atoms with Crippen LogP contribution in [0.25, 0.3) is 11.1 Å². The maximum Gasteiger partial charge on any atom is 0.318 e. The van der Waals surface area contributed by atoms with Crippen molar-refractivity contribution in [1.82, 2.24) is 11.1 Å². The van der Waals surface area contributed by atoms with Gasteiger partial charge in [0.2, 0.25) is 0 Å². The molecule has 7 nitrogen and oxygen atoms in total. The second-order valence-electron chi connectivity index (χ2n) is 3.79. The molecule has 0 unspecified atom stereocenters. The van der Waals surface area contributed by atoms with Gasteiger partial charge < -0.3 is 19.5 Å². The van der Waals surface area contributed by atoms with E-state index in [0.717, 1.165) is 12.0 Å². The summed E-state index contributed by atoms with van der Waals surface area (Å²) < 4.78 is 15.0. The first-order chi connectivity index (χ1) is 9.69. The SMILES string of the molecule is CCOC(=O)CCC(=O)OSc1nc2ccccc2o1.N. The van der Waals surface area contributed by atoms with Crippen LogP contribution in [0.5, 0.6) is 0 Å². The first-order valence-electron chi connectivity index (χ1n) is 6.07. The number of ether oxygens (including phenoxy) is 1. The van der Waals surface area contributed by atoms with Gasteiger partial charge in [0.25, 0.3) is 5.22 Å². The van der Waals surface area contributed by atoms with Gasteiger partial charge >= 0.3 is 11.9 Å². The zero-order chi connectivity index (χ0) is 14.4. The number of oxazole rings is 1. The molecule has 0 atom stereocenters. The molecule has 0 amide bonds. The Morgan fingerprint density at radius 3 is 2.67 bits per heavy atom. The summed E-state index contributed by atoms with van der Waals surface area (Å²) in [6.45, 7) is 2.00. The Kier molecular flexibility index (Phi) is 6.70. The van der Waals surface area contributed by atoms with E-state index in [1.54, 1.807) is 19.1 Å². The molecule has 0 aliphatic carbocycles. The minimum Gasteiger partial charge on any atom is -0.466 e. The van der Waals surface area contributed by atoms with Crippen LogP contribution in [0.15, 0.2) is 33.9 Å². The Labute approximate surface area is 125 Å². The lowest BCUT2D eigenvalue weighted by Gasteiger charge is -2.00. The van der Waals surface area contributed by atoms with Crippen LogP contribution in [0.1, 0.15) is 19.8 Å². The highest BCUT2D eigenvalue weighted by atomic mass is 32.2. The van der Waals surface area contributed by atoms with Crippen LogP contribution in [-0.2, 0) is 18.5 Å². The zero-order valence-corrected chi connectivity index (χ0v) is 12.4. The normalized spacial score (nSPS) is 9.95. The number of carbonyl (C=O) groups excluding carboxylic acids is 2. The molecule has 0 aliphatic rings. The van der Waals surface area contributed by atoms with Crippen LogP contribution in [0, 0.1) is 0 Å². The largest absolute Gasteiger partial charge is 0.466 e. The smallest absolute Gasteiger partial charge is 0.318 e. The van der Waals surface area contributed by atoms with Crippen molar-refractivity contribution in [2.45, 2.75) is 25.0 Å². The molecule has 0 radical (unpaired) electrons. The third-order valence-electron chi connectivity index (χ3n) is 2.32. The van der Waals surface area contributed by atoms with Crippen molar-refractivity contribution >= 4 is 35.1 Å². The number of hydrogen-bond donors (Lipinski definition) is 1. The van der Waals surface area contributed by atoms with Gasteiger partial charge in [-0.15, -0.1) is 0 Å². The molecule has 1 aromatic carbocycles. The molecule has 0 saturated heterocycles. The fourth-order valence-corrected chi connectivity index (χ4v) is 1.95. The van der Waals surface area contributed by atoms with E-state index in [2.05, 4.69) is 4.98 Å². The van der Waals surface area contributed by atoms with E-state index in [0.29, 0.717) is 17.7 Å². The van der Waals surface area contributed by atoms with Gasteiger partial charge in [0, 0.05) is 0 Å². The third kappa shape index (κ3) is 5.09. The van der Waals surface area contributed by atoms with Crippen LogP contribution >= 0.6 is 12.0 Å². The summed E-state index contributed by atoms with van der Waals surface area (Å²) in [4.78, 5) is 26.6. The van der Waals surface area contributed by atoms with Crippen molar-refractivity contribution in [2.75, 3.05) is 6.61 Å². The third-order valence-corrected chi connectivity index (χ3v) is 2.91. The zero-order valence-electron chi connectivity index (χ0n) is 11.5. The Balaban J connectivity index is 0.00000220. The number of esters is 1. The quantitative estimate of drug-likeness (QED) is 0.639. The van der Waals surface area contributed by atoms with Crippen molar-refractivity contribution in [3.63, 3.8) is 0 Å². The van der Waals surface area contributed by atoms with E-state index in [1.807, 2.05) is 12.1 Å². The van der Waals surface area contributed by atoms with Crippen molar-refractivity contribution in [3.8, 4) is 0 Å². The summed E-state index contributed by atoms with van der Waals surface area (Å²) in [5, 5.41) is 0.246. The minimum atomic E-state index is -0.523. The van der Waals surface area contributed by atoms with E-state index in [-0.39, 0.29) is 24.2 Å². The van der Waals surface area contributed by atoms with Gasteiger partial charge in [-0.3, -0.25) is 9.59 Å². The molecule has 2 rings (SSSR count). The number of aromatic nitrogens is 1. The van der Waals surface area contributed by atoms with Crippen molar-refractivity contribution in [1.29, 1.82) is 0 Å². The van der Waals surface area contributed by atoms with Crippen LogP contribution in [0.4, 0.5) is 0 Å². The molecule has 0 fully saturated rings. The number of fused-ring (bicyclic) bond motifs is 1. The number of nitrogens with zero attached hydrogens (tertiary/aromatic N) is 1. The predicted molar refractivity (Wildman–Crippen MR) is 76.8 cm³/mol. The van der Waals surface area contributed by atoms with Crippen molar-refractivity contribution < 1.29 is 22.9 Å². The highest BCUT2D eigenvalue weighted by molar-refractivity contribution is 7.94. The van der Waals surface area contributed by atoms with Crippen LogP contribution in [-0.4, -0.2) is 23.5 Å². The molecule has 2 aromatic rings. The molecule has 0 spiro atoms. The number of para-hydroxylation sites is 2. The molecule has 8 heteroatoms. The van der Waals surface area contributed by atoms with Gasteiger partial charge in [-0.05, 0) is 19.1 Å². The average Bonchev–Trinajstić information content (AvgIpc) is 2.86. The van der Waals surface area contributed by atoms with Gasteiger partial charge in [-0.2, -0.15) is 0 Å². The van der Waals surface area contributed by atoms with Crippen LogP contribution in [0.3, 0.4) is 0 Å². The van der Waals surface area contributed by atoms with Crippen molar-refractivity contribution in [3.05, 3.63) is 24.3 Å². The van der Waals surface area contributed by atoms with Gasteiger partial charge in [-0.1, -0.05) is 12.1 Å². The maximum atomic E-state index is 11.4. The van der Waals surface area contributed by atoms with Crippen molar-refractivity contribution in [2.24, 2.45) is 0 Å². The highest BCUT2D eigenvalue weighted by Crippen LogP contribution is 2.24. The lowest BCUT2D eigenvalue weighted by Crippen LogP contribution is -2.07. The Hall–Kier alpha value is -2.06. The highest BCUT2D eigenvalue weighted by Gasteiger charge is 2.12. The lowest BCUT2D eigenvalue weighted by atomic mass is 10.3. The average molecular weight is 312 g/mol. The number of rotatable bonds is 6. The summed E-state index contributed by atoms with van der Waals surface area (Å²) in [5.41, 5.74) is 1.31. The van der Waals surface area contributed by atoms with E-state index < -0.39 is 11.9 Å². The molecular weight excluding hydrogens is 296 g/mol. The molecular formula is C13H16N2O5S. The first kappa shape index (κ1) is 17.0. The fourth-order valence-electron chi connectivity index (χ4n) is 1.45. The Bertz CT molecular complexity index is 580. The first-order valence-corrected chi connectivity index (χ1v) is 6.81. The number of hydrogen-bond acceptors (Lipinski definition) is 8. The molecule has 0 aliphatic heterocycles. The Morgan fingerprint density at radius 2 is 1.95 bits per heavy atom. The second kappa shape index (κ2) is 8.28. The summed E-state index contributed by atoms with van der Waals surface area (Å²) in [6, 6.07) is 7.23. The molecule has 1 heterocycles. The van der Waals surface area contributed by atoms with E-state index in [1.165, 1.54) is 0 Å². The van der Waals surface area contributed by atoms with E-state index in [4.69, 9.17) is 13.3 Å². The fraction of sp³-hybridized carbons (Fsp3) is 0.308. The van der Waals surface area contributed by atoms with E-state index in [9.17, 15) is 9.59 Å². The summed E-state index contributed by atoms with van der Waals surface area (Å²) in [7, 11) is 0. The van der Waals surface area contributed by atoms with Gasteiger partial charge in [0.15, 0.2) is 17.6 Å². The monoisotopic (exact) mass is 312 g/mol.